The topological polar surface area (TPSA) is 73.4 Å². The van der Waals surface area contributed by atoms with E-state index in [4.69, 9.17) is 0 Å². The molecule has 0 saturated carbocycles. The van der Waals surface area contributed by atoms with Crippen molar-refractivity contribution in [3.63, 3.8) is 0 Å². The number of nitrogens with zero attached hydrogens (tertiary/aromatic N) is 1. The molecule has 0 aliphatic carbocycles. The van der Waals surface area contributed by atoms with Crippen LogP contribution in [0.15, 0.2) is 54.7 Å². The minimum Gasteiger partial charge on any atom is -0.506 e. The molecule has 1 aliphatic rings. The van der Waals surface area contributed by atoms with Crippen LogP contribution in [0.1, 0.15) is 17.9 Å². The number of nitrogens with one attached hydrogen (secondary N) is 1. The molecule has 1 atom stereocenters. The summed E-state index contributed by atoms with van der Waals surface area (Å²) in [6.07, 6.45) is 1.89. The number of rotatable bonds is 2. The van der Waals surface area contributed by atoms with Gasteiger partial charge in [0.05, 0.1) is 11.6 Å². The van der Waals surface area contributed by atoms with Gasteiger partial charge in [0.15, 0.2) is 0 Å². The normalized spacial score (nSPS) is 18.1. The van der Waals surface area contributed by atoms with E-state index in [2.05, 4.69) is 4.98 Å². The average molecular weight is 306 g/mol. The molecule has 114 valence electrons. The lowest BCUT2D eigenvalue weighted by Gasteiger charge is -2.16. The molecule has 2 aromatic carbocycles. The maximum Gasteiger partial charge on any atom is 0.242 e. The highest BCUT2D eigenvalue weighted by Crippen LogP contribution is 2.38. The first-order chi connectivity index (χ1) is 11.2. The zero-order valence-corrected chi connectivity index (χ0v) is 12.2. The number of para-hydroxylation sites is 3. The first-order valence-electron chi connectivity index (χ1n) is 7.37. The zero-order valence-electron chi connectivity index (χ0n) is 12.2. The molecule has 1 fully saturated rings. The molecule has 0 bridgehead atoms. The average Bonchev–Trinajstić information content (AvgIpc) is 3.09. The molecule has 23 heavy (non-hydrogen) atoms. The fraction of sp³-hybridized carbons (Fsp3) is 0.111. The second kappa shape index (κ2) is 4.98. The number of benzene rings is 2. The monoisotopic (exact) mass is 306 g/mol. The summed E-state index contributed by atoms with van der Waals surface area (Å²) in [5, 5.41) is 10.9. The quantitative estimate of drug-likeness (QED) is 0.715. The highest BCUT2D eigenvalue weighted by molar-refractivity contribution is 6.23. The standard InChI is InChI=1S/C18H14N2O3/c21-16-8-4-3-7-15(16)20-17(22)9-12(18(20)23)13-10-19-14-6-2-1-5-11(13)14/h1-8,10,12,19,21H,9H2. The van der Waals surface area contributed by atoms with Crippen LogP contribution in [0.5, 0.6) is 5.75 Å². The number of carbonyl (C=O) groups is 2. The number of phenolic OH excluding ortho intramolecular Hbond substituents is 1. The molecule has 2 amide bonds. The summed E-state index contributed by atoms with van der Waals surface area (Å²) in [7, 11) is 0. The summed E-state index contributed by atoms with van der Waals surface area (Å²) in [5.74, 6) is -1.21. The predicted octanol–water partition coefficient (Wildman–Crippen LogP) is 2.92. The number of hydrogen-bond donors (Lipinski definition) is 2. The minimum absolute atomic E-state index is 0.0752. The van der Waals surface area contributed by atoms with Gasteiger partial charge in [0, 0.05) is 23.5 Å². The Morgan fingerprint density at radius 2 is 1.78 bits per heavy atom. The largest absolute Gasteiger partial charge is 0.506 e. The van der Waals surface area contributed by atoms with Gasteiger partial charge in [0.2, 0.25) is 11.8 Å². The number of carbonyl (C=O) groups excluding carboxylic acids is 2. The van der Waals surface area contributed by atoms with Gasteiger partial charge in [-0.25, -0.2) is 4.90 Å². The van der Waals surface area contributed by atoms with Crippen LogP contribution in [-0.4, -0.2) is 21.9 Å². The van der Waals surface area contributed by atoms with Crippen LogP contribution >= 0.6 is 0 Å². The number of aromatic hydroxyl groups is 1. The number of phenols is 1. The molecular formula is C18H14N2O3. The molecule has 0 spiro atoms. The predicted molar refractivity (Wildman–Crippen MR) is 86.3 cm³/mol. The number of hydrogen-bond acceptors (Lipinski definition) is 3. The third kappa shape index (κ3) is 2.01. The number of H-pyrrole nitrogens is 1. The molecule has 1 aliphatic heterocycles. The lowest BCUT2D eigenvalue weighted by atomic mass is 9.97. The lowest BCUT2D eigenvalue weighted by Crippen LogP contribution is -2.30. The van der Waals surface area contributed by atoms with Crippen molar-refractivity contribution < 1.29 is 14.7 Å². The Kier molecular flexibility index (Phi) is 2.94. The van der Waals surface area contributed by atoms with E-state index in [1.165, 1.54) is 6.07 Å². The van der Waals surface area contributed by atoms with Crippen molar-refractivity contribution >= 4 is 28.4 Å². The maximum atomic E-state index is 12.8. The van der Waals surface area contributed by atoms with Gasteiger partial charge in [-0.05, 0) is 23.8 Å². The summed E-state index contributed by atoms with van der Waals surface area (Å²) in [6.45, 7) is 0. The molecule has 0 radical (unpaired) electrons. The zero-order chi connectivity index (χ0) is 16.0. The summed E-state index contributed by atoms with van der Waals surface area (Å²) >= 11 is 0. The van der Waals surface area contributed by atoms with E-state index in [0.29, 0.717) is 0 Å². The SMILES string of the molecule is O=C1CC(c2c[nH]c3ccccc23)C(=O)N1c1ccccc1O. The maximum absolute atomic E-state index is 12.8. The van der Waals surface area contributed by atoms with Gasteiger partial charge in [-0.1, -0.05) is 30.3 Å². The van der Waals surface area contributed by atoms with E-state index in [1.807, 2.05) is 24.3 Å². The molecule has 1 saturated heterocycles. The number of anilines is 1. The van der Waals surface area contributed by atoms with Crippen LogP contribution < -0.4 is 4.90 Å². The van der Waals surface area contributed by atoms with Gasteiger partial charge >= 0.3 is 0 Å². The van der Waals surface area contributed by atoms with E-state index in [-0.39, 0.29) is 29.7 Å². The van der Waals surface area contributed by atoms with Crippen LogP contribution in [0.25, 0.3) is 10.9 Å². The molecule has 1 unspecified atom stereocenters. The number of aromatic amines is 1. The van der Waals surface area contributed by atoms with Crippen molar-refractivity contribution in [3.05, 3.63) is 60.3 Å². The van der Waals surface area contributed by atoms with Crippen molar-refractivity contribution in [2.24, 2.45) is 0 Å². The van der Waals surface area contributed by atoms with Crippen LogP contribution in [0.2, 0.25) is 0 Å². The molecule has 1 aromatic heterocycles. The smallest absolute Gasteiger partial charge is 0.242 e. The first-order valence-corrected chi connectivity index (χ1v) is 7.37. The van der Waals surface area contributed by atoms with Gasteiger partial charge in [0.1, 0.15) is 5.75 Å². The third-order valence-electron chi connectivity index (χ3n) is 4.27. The molecule has 3 aromatic rings. The number of imide groups is 1. The Hall–Kier alpha value is -3.08. The van der Waals surface area contributed by atoms with Crippen LogP contribution in [0.3, 0.4) is 0 Å². The molecule has 5 nitrogen and oxygen atoms in total. The van der Waals surface area contributed by atoms with Gasteiger partial charge < -0.3 is 10.1 Å². The summed E-state index contributed by atoms with van der Waals surface area (Å²) in [5.41, 5.74) is 1.99. The second-order valence-electron chi connectivity index (χ2n) is 5.60. The number of amides is 2. The highest BCUT2D eigenvalue weighted by atomic mass is 16.3. The summed E-state index contributed by atoms with van der Waals surface area (Å²) in [4.78, 5) is 29.4. The van der Waals surface area contributed by atoms with Crippen LogP contribution in [-0.2, 0) is 9.59 Å². The molecule has 5 heteroatoms. The Labute approximate surface area is 132 Å². The highest BCUT2D eigenvalue weighted by Gasteiger charge is 2.42. The van der Waals surface area contributed by atoms with Gasteiger partial charge in [-0.15, -0.1) is 0 Å². The Bertz CT molecular complexity index is 929. The molecule has 2 heterocycles. The van der Waals surface area contributed by atoms with E-state index < -0.39 is 5.92 Å². The Morgan fingerprint density at radius 1 is 1.04 bits per heavy atom. The van der Waals surface area contributed by atoms with Crippen molar-refractivity contribution in [2.45, 2.75) is 12.3 Å². The molecule has 4 rings (SSSR count). The van der Waals surface area contributed by atoms with Gasteiger partial charge in [-0.3, -0.25) is 9.59 Å². The van der Waals surface area contributed by atoms with E-state index in [0.717, 1.165) is 21.4 Å². The van der Waals surface area contributed by atoms with Crippen LogP contribution in [0.4, 0.5) is 5.69 Å². The van der Waals surface area contributed by atoms with Crippen molar-refractivity contribution in [1.82, 2.24) is 4.98 Å². The summed E-state index contributed by atoms with van der Waals surface area (Å²) in [6, 6.07) is 14.1. The second-order valence-corrected chi connectivity index (χ2v) is 5.60. The Balaban J connectivity index is 1.77. The van der Waals surface area contributed by atoms with Gasteiger partial charge in [-0.2, -0.15) is 0 Å². The lowest BCUT2D eigenvalue weighted by molar-refractivity contribution is -0.121. The van der Waals surface area contributed by atoms with E-state index in [9.17, 15) is 14.7 Å². The van der Waals surface area contributed by atoms with E-state index in [1.54, 1.807) is 24.4 Å². The number of fused-ring (bicyclic) bond motifs is 1. The van der Waals surface area contributed by atoms with Crippen molar-refractivity contribution in [2.75, 3.05) is 4.90 Å². The van der Waals surface area contributed by atoms with Gasteiger partial charge in [0.25, 0.3) is 0 Å². The fourth-order valence-electron chi connectivity index (χ4n) is 3.16. The van der Waals surface area contributed by atoms with E-state index >= 15 is 0 Å². The summed E-state index contributed by atoms with van der Waals surface area (Å²) < 4.78 is 0. The van der Waals surface area contributed by atoms with Crippen LogP contribution in [0, 0.1) is 0 Å². The minimum atomic E-state index is -0.529. The Morgan fingerprint density at radius 3 is 2.61 bits per heavy atom. The number of aromatic nitrogens is 1. The third-order valence-corrected chi connectivity index (χ3v) is 4.27. The molecular weight excluding hydrogens is 292 g/mol. The first kappa shape index (κ1) is 13.6. The van der Waals surface area contributed by atoms with Crippen molar-refractivity contribution in [1.29, 1.82) is 0 Å². The van der Waals surface area contributed by atoms with Crippen molar-refractivity contribution in [3.8, 4) is 5.75 Å². The molecule has 2 N–H and O–H groups in total. The fourth-order valence-corrected chi connectivity index (χ4v) is 3.16.